The van der Waals surface area contributed by atoms with Gasteiger partial charge in [-0.1, -0.05) is 30.0 Å². The lowest BCUT2D eigenvalue weighted by Gasteiger charge is -2.12. The summed E-state index contributed by atoms with van der Waals surface area (Å²) in [6.07, 6.45) is 4.83. The highest BCUT2D eigenvalue weighted by Crippen LogP contribution is 2.32. The molecular weight excluding hydrogens is 408 g/mol. The first-order chi connectivity index (χ1) is 14.0. The number of nitrogens with one attached hydrogen (secondary N) is 1. The number of carbonyl (C=O) groups excluding carboxylic acids is 1. The second-order valence-corrected chi connectivity index (χ2v) is 8.10. The lowest BCUT2D eigenvalue weighted by atomic mass is 10.2. The summed E-state index contributed by atoms with van der Waals surface area (Å²) in [7, 11) is 0. The van der Waals surface area contributed by atoms with E-state index in [0.717, 1.165) is 5.56 Å². The molecule has 0 atom stereocenters. The van der Waals surface area contributed by atoms with Gasteiger partial charge in [-0.3, -0.25) is 18.9 Å². The van der Waals surface area contributed by atoms with Crippen LogP contribution >= 0.6 is 24.0 Å². The van der Waals surface area contributed by atoms with Gasteiger partial charge in [0.15, 0.2) is 0 Å². The van der Waals surface area contributed by atoms with Crippen LogP contribution in [-0.2, 0) is 11.3 Å². The minimum Gasteiger partial charge on any atom is -0.467 e. The number of amides is 1. The lowest BCUT2D eigenvalue weighted by Crippen LogP contribution is -2.27. The molecule has 1 fully saturated rings. The fourth-order valence-electron chi connectivity index (χ4n) is 3.06. The highest BCUT2D eigenvalue weighted by atomic mass is 32.2. The third-order valence-corrected chi connectivity index (χ3v) is 5.94. The van der Waals surface area contributed by atoms with Crippen LogP contribution in [0.3, 0.4) is 0 Å². The predicted octanol–water partition coefficient (Wildman–Crippen LogP) is 3.43. The Kier molecular flexibility index (Phi) is 5.25. The SMILES string of the molecule is CCN1C(=O)/C(=C\c2c(NCc3ccco3)nc3c(C)cccn3c2=O)SC1=S. The molecule has 0 aliphatic carbocycles. The molecule has 1 aliphatic heterocycles. The topological polar surface area (TPSA) is 79.8 Å². The molecule has 0 spiro atoms. The Morgan fingerprint density at radius 3 is 2.83 bits per heavy atom. The molecule has 0 radical (unpaired) electrons. The second-order valence-electron chi connectivity index (χ2n) is 6.42. The molecule has 29 heavy (non-hydrogen) atoms. The quantitative estimate of drug-likeness (QED) is 0.495. The largest absolute Gasteiger partial charge is 0.467 e. The van der Waals surface area contributed by atoms with E-state index < -0.39 is 0 Å². The summed E-state index contributed by atoms with van der Waals surface area (Å²) in [5.41, 5.74) is 1.46. The Morgan fingerprint density at radius 2 is 2.14 bits per heavy atom. The first-order valence-corrected chi connectivity index (χ1v) is 10.3. The minimum absolute atomic E-state index is 0.201. The number of thioether (sulfide) groups is 1. The summed E-state index contributed by atoms with van der Waals surface area (Å²) in [5, 5.41) is 3.17. The molecule has 0 unspecified atom stereocenters. The van der Waals surface area contributed by atoms with Crippen LogP contribution in [-0.4, -0.2) is 31.1 Å². The van der Waals surface area contributed by atoms with Crippen molar-refractivity contribution in [2.45, 2.75) is 20.4 Å². The van der Waals surface area contributed by atoms with Gasteiger partial charge in [0.1, 0.15) is 21.5 Å². The fourth-order valence-corrected chi connectivity index (χ4v) is 4.43. The number of likely N-dealkylation sites (N-methyl/N-ethyl adjacent to an activating group) is 1. The summed E-state index contributed by atoms with van der Waals surface area (Å²) in [5.74, 6) is 0.899. The molecule has 3 aromatic heterocycles. The van der Waals surface area contributed by atoms with Crippen molar-refractivity contribution in [3.8, 4) is 0 Å². The molecule has 0 bridgehead atoms. The van der Waals surface area contributed by atoms with Crippen LogP contribution in [0.1, 0.15) is 23.8 Å². The molecule has 4 heterocycles. The molecule has 148 valence electrons. The Bertz CT molecular complexity index is 1200. The van der Waals surface area contributed by atoms with E-state index in [4.69, 9.17) is 16.6 Å². The molecule has 1 N–H and O–H groups in total. The highest BCUT2D eigenvalue weighted by molar-refractivity contribution is 8.26. The maximum Gasteiger partial charge on any atom is 0.267 e. The molecule has 7 nitrogen and oxygen atoms in total. The summed E-state index contributed by atoms with van der Waals surface area (Å²) in [4.78, 5) is 32.4. The Labute approximate surface area is 176 Å². The van der Waals surface area contributed by atoms with Crippen LogP contribution in [0, 0.1) is 6.92 Å². The van der Waals surface area contributed by atoms with E-state index in [1.807, 2.05) is 26.0 Å². The van der Waals surface area contributed by atoms with Crippen LogP contribution in [0.15, 0.2) is 50.8 Å². The van der Waals surface area contributed by atoms with E-state index in [1.54, 1.807) is 30.7 Å². The van der Waals surface area contributed by atoms with Gasteiger partial charge < -0.3 is 9.73 Å². The Morgan fingerprint density at radius 1 is 1.31 bits per heavy atom. The van der Waals surface area contributed by atoms with Gasteiger partial charge in [-0.25, -0.2) is 4.98 Å². The van der Waals surface area contributed by atoms with Gasteiger partial charge in [0.05, 0.1) is 23.3 Å². The van der Waals surface area contributed by atoms with Gasteiger partial charge in [0, 0.05) is 12.7 Å². The van der Waals surface area contributed by atoms with Crippen molar-refractivity contribution in [3.05, 3.63) is 68.9 Å². The van der Waals surface area contributed by atoms with Gasteiger partial charge in [0.2, 0.25) is 0 Å². The van der Waals surface area contributed by atoms with Crippen LogP contribution in [0.5, 0.6) is 0 Å². The minimum atomic E-state index is -0.262. The van der Waals surface area contributed by atoms with Gasteiger partial charge in [-0.2, -0.15) is 0 Å². The second kappa shape index (κ2) is 7.84. The van der Waals surface area contributed by atoms with E-state index in [0.29, 0.717) is 45.1 Å². The van der Waals surface area contributed by atoms with Crippen LogP contribution in [0.2, 0.25) is 0 Å². The number of aryl methyl sites for hydroxylation is 1. The summed E-state index contributed by atoms with van der Waals surface area (Å²) in [6.45, 7) is 4.60. The molecule has 1 aliphatic rings. The number of thiocarbonyl (C=S) groups is 1. The van der Waals surface area contributed by atoms with E-state index >= 15 is 0 Å². The zero-order chi connectivity index (χ0) is 20.5. The van der Waals surface area contributed by atoms with Crippen LogP contribution < -0.4 is 10.9 Å². The smallest absolute Gasteiger partial charge is 0.267 e. The van der Waals surface area contributed by atoms with Crippen molar-refractivity contribution >= 4 is 51.7 Å². The molecule has 9 heteroatoms. The normalized spacial score (nSPS) is 15.7. The number of rotatable bonds is 5. The number of furan rings is 1. The zero-order valence-electron chi connectivity index (χ0n) is 15.8. The first kappa shape index (κ1) is 19.4. The van der Waals surface area contributed by atoms with E-state index in [2.05, 4.69) is 10.3 Å². The molecule has 1 amide bonds. The van der Waals surface area contributed by atoms with E-state index in [1.165, 1.54) is 21.1 Å². The van der Waals surface area contributed by atoms with Crippen molar-refractivity contribution in [3.63, 3.8) is 0 Å². The van der Waals surface area contributed by atoms with E-state index in [-0.39, 0.29) is 11.5 Å². The number of aromatic nitrogens is 2. The summed E-state index contributed by atoms with van der Waals surface area (Å²) in [6, 6.07) is 7.31. The number of nitrogens with zero attached hydrogens (tertiary/aromatic N) is 3. The number of hydrogen-bond acceptors (Lipinski definition) is 7. The molecule has 1 saturated heterocycles. The van der Waals surface area contributed by atoms with Crippen molar-refractivity contribution in [2.24, 2.45) is 0 Å². The first-order valence-electron chi connectivity index (χ1n) is 9.03. The predicted molar refractivity (Wildman–Crippen MR) is 118 cm³/mol. The fraction of sp³-hybridized carbons (Fsp3) is 0.200. The summed E-state index contributed by atoms with van der Waals surface area (Å²) >= 11 is 6.46. The van der Waals surface area contributed by atoms with Crippen LogP contribution in [0.4, 0.5) is 5.82 Å². The highest BCUT2D eigenvalue weighted by Gasteiger charge is 2.31. The zero-order valence-corrected chi connectivity index (χ0v) is 17.5. The van der Waals surface area contributed by atoms with Crippen molar-refractivity contribution < 1.29 is 9.21 Å². The molecule has 0 saturated carbocycles. The average Bonchev–Trinajstić information content (AvgIpc) is 3.31. The van der Waals surface area contributed by atoms with Crippen molar-refractivity contribution in [1.82, 2.24) is 14.3 Å². The monoisotopic (exact) mass is 426 g/mol. The van der Waals surface area contributed by atoms with Gasteiger partial charge in [-0.05, 0) is 43.7 Å². The van der Waals surface area contributed by atoms with Gasteiger partial charge in [-0.15, -0.1) is 0 Å². The molecule has 0 aromatic carbocycles. The number of fused-ring (bicyclic) bond motifs is 1. The standard InChI is InChI=1S/C20H18N4O3S2/c1-3-23-19(26)15(29-20(23)28)10-14-16(21-11-13-7-5-9-27-13)22-17-12(2)6-4-8-24(17)18(14)25/h4-10,21H,3,11H2,1-2H3/b15-10+. The van der Waals surface area contributed by atoms with Crippen molar-refractivity contribution in [2.75, 3.05) is 11.9 Å². The average molecular weight is 427 g/mol. The Balaban J connectivity index is 1.84. The summed E-state index contributed by atoms with van der Waals surface area (Å²) < 4.78 is 7.33. The van der Waals surface area contributed by atoms with Gasteiger partial charge in [0.25, 0.3) is 11.5 Å². The molecule has 4 rings (SSSR count). The number of anilines is 1. The number of carbonyl (C=O) groups is 1. The number of hydrogen-bond donors (Lipinski definition) is 1. The molecular formula is C20H18N4O3S2. The van der Waals surface area contributed by atoms with Gasteiger partial charge >= 0.3 is 0 Å². The Hall–Kier alpha value is -2.91. The van der Waals surface area contributed by atoms with Crippen molar-refractivity contribution in [1.29, 1.82) is 0 Å². The maximum atomic E-state index is 13.2. The lowest BCUT2D eigenvalue weighted by molar-refractivity contribution is -0.121. The molecule has 3 aromatic rings. The third kappa shape index (κ3) is 3.58. The number of pyridine rings is 1. The maximum absolute atomic E-state index is 13.2. The van der Waals surface area contributed by atoms with E-state index in [9.17, 15) is 9.59 Å². The third-order valence-electron chi connectivity index (χ3n) is 4.56. The van der Waals surface area contributed by atoms with Crippen LogP contribution in [0.25, 0.3) is 11.7 Å².